The number of nitrogens with one attached hydrogen (secondary N) is 1. The summed E-state index contributed by atoms with van der Waals surface area (Å²) in [7, 11) is 3.67. The van der Waals surface area contributed by atoms with Gasteiger partial charge in [-0.1, -0.05) is 0 Å². The van der Waals surface area contributed by atoms with E-state index in [1.807, 2.05) is 57.6 Å². The summed E-state index contributed by atoms with van der Waals surface area (Å²) >= 11 is 0. The van der Waals surface area contributed by atoms with Crippen LogP contribution in [0.4, 0.5) is 17.5 Å². The number of aryl methyl sites for hydroxylation is 2. The molecule has 1 spiro atoms. The van der Waals surface area contributed by atoms with Crippen LogP contribution in [0.25, 0.3) is 22.3 Å². The van der Waals surface area contributed by atoms with Crippen LogP contribution in [0.5, 0.6) is 5.75 Å². The average molecular weight is 486 g/mol. The van der Waals surface area contributed by atoms with Crippen molar-refractivity contribution in [1.29, 1.82) is 0 Å². The average Bonchev–Trinajstić information content (AvgIpc) is 3.61. The standard InChI is InChI=1S/C27H31N7O2/c1-17-11-20-14-29-26(32-23(20)25(30-17)34-9-7-27(15-34)8-10-36-16-27)31-21-6-5-19(12-22(21)35-4)24-28-13-18(2)33(24)3/h5-6,11-14H,7-10,15-16H2,1-4H3,(H,29,31,32). The predicted octanol–water partition coefficient (Wildman–Crippen LogP) is 4.41. The quantitative estimate of drug-likeness (QED) is 0.445. The second-order valence-corrected chi connectivity index (χ2v) is 10.0. The highest BCUT2D eigenvalue weighted by Gasteiger charge is 2.42. The van der Waals surface area contributed by atoms with E-state index in [-0.39, 0.29) is 5.41 Å². The number of nitrogens with zero attached hydrogens (tertiary/aromatic N) is 6. The first-order valence-electron chi connectivity index (χ1n) is 12.4. The molecule has 2 fully saturated rings. The third-order valence-corrected chi connectivity index (χ3v) is 7.52. The van der Waals surface area contributed by atoms with Crippen molar-refractivity contribution in [3.63, 3.8) is 0 Å². The molecule has 2 aliphatic heterocycles. The van der Waals surface area contributed by atoms with Crippen molar-refractivity contribution in [2.45, 2.75) is 26.7 Å². The maximum absolute atomic E-state index is 5.73. The van der Waals surface area contributed by atoms with E-state index < -0.39 is 0 Å². The van der Waals surface area contributed by atoms with E-state index in [4.69, 9.17) is 19.4 Å². The van der Waals surface area contributed by atoms with Crippen molar-refractivity contribution in [3.8, 4) is 17.1 Å². The molecular weight excluding hydrogens is 454 g/mol. The largest absolute Gasteiger partial charge is 0.495 e. The first kappa shape index (κ1) is 22.7. The molecule has 9 nitrogen and oxygen atoms in total. The monoisotopic (exact) mass is 485 g/mol. The Morgan fingerprint density at radius 2 is 1.97 bits per heavy atom. The minimum absolute atomic E-state index is 0.243. The molecule has 9 heteroatoms. The van der Waals surface area contributed by atoms with Crippen LogP contribution in [0.3, 0.4) is 0 Å². The molecule has 6 rings (SSSR count). The fraction of sp³-hybridized carbons (Fsp3) is 0.407. The molecule has 0 aliphatic carbocycles. The van der Waals surface area contributed by atoms with Gasteiger partial charge in [-0.05, 0) is 51.0 Å². The number of pyridine rings is 1. The topological polar surface area (TPSA) is 90.2 Å². The Balaban J connectivity index is 1.33. The molecule has 2 saturated heterocycles. The lowest BCUT2D eigenvalue weighted by Crippen LogP contribution is -2.28. The van der Waals surface area contributed by atoms with Crippen molar-refractivity contribution in [1.82, 2.24) is 24.5 Å². The molecular formula is C27H31N7O2. The summed E-state index contributed by atoms with van der Waals surface area (Å²) in [6.07, 6.45) is 5.97. The van der Waals surface area contributed by atoms with Crippen molar-refractivity contribution in [3.05, 3.63) is 48.0 Å². The highest BCUT2D eigenvalue weighted by atomic mass is 16.5. The summed E-state index contributed by atoms with van der Waals surface area (Å²) < 4.78 is 13.5. The van der Waals surface area contributed by atoms with E-state index in [9.17, 15) is 0 Å². The van der Waals surface area contributed by atoms with Gasteiger partial charge in [-0.2, -0.15) is 0 Å². The third kappa shape index (κ3) is 3.93. The molecule has 186 valence electrons. The van der Waals surface area contributed by atoms with Crippen LogP contribution in [0.15, 0.2) is 36.7 Å². The molecule has 5 heterocycles. The first-order valence-corrected chi connectivity index (χ1v) is 12.4. The number of anilines is 3. The molecule has 0 bridgehead atoms. The first-order chi connectivity index (χ1) is 17.4. The fourth-order valence-corrected chi connectivity index (χ4v) is 5.34. The number of ether oxygens (including phenoxy) is 2. The van der Waals surface area contributed by atoms with Crippen molar-refractivity contribution >= 4 is 28.4 Å². The number of methoxy groups -OCH3 is 1. The van der Waals surface area contributed by atoms with Gasteiger partial charge >= 0.3 is 0 Å². The summed E-state index contributed by atoms with van der Waals surface area (Å²) in [5.41, 5.74) is 4.93. The van der Waals surface area contributed by atoms with Gasteiger partial charge < -0.3 is 24.3 Å². The van der Waals surface area contributed by atoms with E-state index in [1.165, 1.54) is 0 Å². The summed E-state index contributed by atoms with van der Waals surface area (Å²) in [4.78, 5) is 21.3. The van der Waals surface area contributed by atoms with Gasteiger partial charge in [0.25, 0.3) is 0 Å². The van der Waals surface area contributed by atoms with Crippen LogP contribution in [-0.2, 0) is 11.8 Å². The Kier molecular flexibility index (Phi) is 5.52. The normalized spacial score (nSPS) is 19.5. The van der Waals surface area contributed by atoms with Gasteiger partial charge in [0, 0.05) is 66.9 Å². The minimum atomic E-state index is 0.243. The molecule has 36 heavy (non-hydrogen) atoms. The van der Waals surface area contributed by atoms with Crippen LogP contribution < -0.4 is 15.0 Å². The van der Waals surface area contributed by atoms with Gasteiger partial charge in [-0.25, -0.2) is 19.9 Å². The Morgan fingerprint density at radius 1 is 1.08 bits per heavy atom. The number of imidazole rings is 1. The Bertz CT molecular complexity index is 1440. The van der Waals surface area contributed by atoms with Gasteiger partial charge in [-0.3, -0.25) is 0 Å². The van der Waals surface area contributed by atoms with Gasteiger partial charge in [-0.15, -0.1) is 0 Å². The Labute approximate surface area is 210 Å². The zero-order valence-corrected chi connectivity index (χ0v) is 21.2. The zero-order chi connectivity index (χ0) is 24.9. The fourth-order valence-electron chi connectivity index (χ4n) is 5.34. The lowest BCUT2D eigenvalue weighted by Gasteiger charge is -2.23. The van der Waals surface area contributed by atoms with E-state index in [0.717, 1.165) is 84.3 Å². The molecule has 3 aromatic heterocycles. The smallest absolute Gasteiger partial charge is 0.227 e. The second-order valence-electron chi connectivity index (χ2n) is 10.0. The molecule has 0 radical (unpaired) electrons. The predicted molar refractivity (Wildman–Crippen MR) is 140 cm³/mol. The summed E-state index contributed by atoms with van der Waals surface area (Å²) in [6.45, 7) is 7.66. The lowest BCUT2D eigenvalue weighted by molar-refractivity contribution is 0.160. The molecule has 4 aromatic rings. The van der Waals surface area contributed by atoms with Gasteiger partial charge in [0.15, 0.2) is 5.82 Å². The maximum Gasteiger partial charge on any atom is 0.227 e. The maximum atomic E-state index is 5.73. The van der Waals surface area contributed by atoms with Crippen LogP contribution in [0.2, 0.25) is 0 Å². The molecule has 1 N–H and O–H groups in total. The zero-order valence-electron chi connectivity index (χ0n) is 21.2. The number of hydrogen-bond acceptors (Lipinski definition) is 8. The lowest BCUT2D eigenvalue weighted by atomic mass is 9.87. The molecule has 0 amide bonds. The van der Waals surface area contributed by atoms with Crippen LogP contribution >= 0.6 is 0 Å². The molecule has 2 aliphatic rings. The molecule has 1 atom stereocenters. The Hall–Kier alpha value is -3.72. The Morgan fingerprint density at radius 3 is 2.72 bits per heavy atom. The van der Waals surface area contributed by atoms with Crippen LogP contribution in [0.1, 0.15) is 24.2 Å². The SMILES string of the molecule is COc1cc(-c2ncc(C)n2C)ccc1Nc1ncc2cc(C)nc(N3CCC4(CCOC4)C3)c2n1. The van der Waals surface area contributed by atoms with Crippen LogP contribution in [0, 0.1) is 19.3 Å². The van der Waals surface area contributed by atoms with Crippen molar-refractivity contribution in [2.75, 3.05) is 43.6 Å². The van der Waals surface area contributed by atoms with E-state index in [0.29, 0.717) is 11.7 Å². The number of hydrogen-bond donors (Lipinski definition) is 1. The molecule has 1 unspecified atom stereocenters. The van der Waals surface area contributed by atoms with Gasteiger partial charge in [0.05, 0.1) is 19.4 Å². The van der Waals surface area contributed by atoms with Gasteiger partial charge in [0.2, 0.25) is 5.95 Å². The van der Waals surface area contributed by atoms with E-state index in [2.05, 4.69) is 24.8 Å². The van der Waals surface area contributed by atoms with Crippen LogP contribution in [-0.4, -0.2) is 57.9 Å². The molecule has 1 aromatic carbocycles. The summed E-state index contributed by atoms with van der Waals surface area (Å²) in [5.74, 6) is 3.02. The third-order valence-electron chi connectivity index (χ3n) is 7.52. The number of aromatic nitrogens is 5. The second kappa shape index (κ2) is 8.74. The highest BCUT2D eigenvalue weighted by Crippen LogP contribution is 2.41. The van der Waals surface area contributed by atoms with Crippen molar-refractivity contribution in [2.24, 2.45) is 12.5 Å². The van der Waals surface area contributed by atoms with Crippen molar-refractivity contribution < 1.29 is 9.47 Å². The number of benzene rings is 1. The summed E-state index contributed by atoms with van der Waals surface area (Å²) in [6, 6.07) is 8.02. The number of fused-ring (bicyclic) bond motifs is 1. The van der Waals surface area contributed by atoms with Gasteiger partial charge in [0.1, 0.15) is 17.1 Å². The minimum Gasteiger partial charge on any atom is -0.495 e. The van der Waals surface area contributed by atoms with E-state index in [1.54, 1.807) is 7.11 Å². The molecule has 0 saturated carbocycles. The van der Waals surface area contributed by atoms with E-state index >= 15 is 0 Å². The summed E-state index contributed by atoms with van der Waals surface area (Å²) in [5, 5.41) is 4.34. The number of rotatable bonds is 5. The highest BCUT2D eigenvalue weighted by molar-refractivity contribution is 5.89.